The Morgan fingerprint density at radius 3 is 2.90 bits per heavy atom. The van der Waals surface area contributed by atoms with Crippen molar-refractivity contribution in [1.29, 1.82) is 5.26 Å². The van der Waals surface area contributed by atoms with E-state index in [4.69, 9.17) is 9.72 Å². The molecule has 5 rings (SSSR count). The molecule has 2 atom stereocenters. The Morgan fingerprint density at radius 1 is 1.13 bits per heavy atom. The zero-order valence-electron chi connectivity index (χ0n) is 16.8. The molecule has 2 aliphatic rings. The van der Waals surface area contributed by atoms with Crippen LogP contribution in [0, 0.1) is 11.3 Å². The van der Waals surface area contributed by atoms with Crippen LogP contribution in [0.3, 0.4) is 0 Å². The molecule has 6 nitrogen and oxygen atoms in total. The van der Waals surface area contributed by atoms with Gasteiger partial charge in [-0.2, -0.15) is 5.26 Å². The number of pyridine rings is 1. The smallest absolute Gasteiger partial charge is 0.237 e. The second-order valence-electron chi connectivity index (χ2n) is 8.15. The SMILES string of the molecule is N#CC1CCCN1C(=O)CN1CC[C@H](Oc2cccc3cc4ccccc4nc23)C1. The maximum atomic E-state index is 12.6. The average molecular weight is 400 g/mol. The van der Waals surface area contributed by atoms with Crippen molar-refractivity contribution in [1.82, 2.24) is 14.8 Å². The first kappa shape index (κ1) is 18.8. The van der Waals surface area contributed by atoms with E-state index in [1.54, 1.807) is 4.90 Å². The van der Waals surface area contributed by atoms with Crippen LogP contribution in [0.2, 0.25) is 0 Å². The van der Waals surface area contributed by atoms with Crippen LogP contribution in [-0.2, 0) is 4.79 Å². The van der Waals surface area contributed by atoms with Crippen LogP contribution in [-0.4, -0.2) is 59.0 Å². The third-order valence-corrected chi connectivity index (χ3v) is 6.11. The minimum atomic E-state index is -0.260. The fraction of sp³-hybridized carbons (Fsp3) is 0.375. The molecule has 2 saturated heterocycles. The Labute approximate surface area is 175 Å². The monoisotopic (exact) mass is 400 g/mol. The van der Waals surface area contributed by atoms with Gasteiger partial charge < -0.3 is 9.64 Å². The fourth-order valence-electron chi connectivity index (χ4n) is 4.57. The summed E-state index contributed by atoms with van der Waals surface area (Å²) < 4.78 is 6.34. The first-order valence-corrected chi connectivity index (χ1v) is 10.6. The largest absolute Gasteiger partial charge is 0.487 e. The Balaban J connectivity index is 1.28. The number of likely N-dealkylation sites (tertiary alicyclic amines) is 2. The summed E-state index contributed by atoms with van der Waals surface area (Å²) in [7, 11) is 0. The van der Waals surface area contributed by atoms with E-state index in [1.807, 2.05) is 30.3 Å². The van der Waals surface area contributed by atoms with E-state index in [2.05, 4.69) is 29.2 Å². The molecular weight excluding hydrogens is 376 g/mol. The minimum absolute atomic E-state index is 0.0296. The summed E-state index contributed by atoms with van der Waals surface area (Å²) in [6, 6.07) is 18.3. The molecule has 2 fully saturated rings. The maximum Gasteiger partial charge on any atom is 0.237 e. The molecule has 3 aromatic rings. The topological polar surface area (TPSA) is 69.5 Å². The number of para-hydroxylation sites is 2. The number of nitriles is 1. The van der Waals surface area contributed by atoms with Gasteiger partial charge in [0.1, 0.15) is 23.4 Å². The van der Waals surface area contributed by atoms with Crippen LogP contribution in [0.1, 0.15) is 19.3 Å². The minimum Gasteiger partial charge on any atom is -0.487 e. The van der Waals surface area contributed by atoms with Crippen LogP contribution in [0.25, 0.3) is 21.8 Å². The summed E-state index contributed by atoms with van der Waals surface area (Å²) in [4.78, 5) is 21.3. The number of hydrogen-bond acceptors (Lipinski definition) is 5. The highest BCUT2D eigenvalue weighted by molar-refractivity contribution is 5.95. The van der Waals surface area contributed by atoms with E-state index >= 15 is 0 Å². The van der Waals surface area contributed by atoms with E-state index in [0.29, 0.717) is 19.6 Å². The number of nitrogens with zero attached hydrogens (tertiary/aromatic N) is 4. The van der Waals surface area contributed by atoms with Gasteiger partial charge in [0.05, 0.1) is 18.1 Å². The molecule has 2 aliphatic heterocycles. The fourth-order valence-corrected chi connectivity index (χ4v) is 4.57. The number of carbonyl (C=O) groups excluding carboxylic acids is 1. The molecule has 0 bridgehead atoms. The van der Waals surface area contributed by atoms with Gasteiger partial charge >= 0.3 is 0 Å². The Kier molecular flexibility index (Phi) is 4.97. The molecule has 0 saturated carbocycles. The van der Waals surface area contributed by atoms with Gasteiger partial charge in [0.25, 0.3) is 0 Å². The second kappa shape index (κ2) is 7.92. The summed E-state index contributed by atoms with van der Waals surface area (Å²) in [5, 5.41) is 11.4. The van der Waals surface area contributed by atoms with Gasteiger partial charge in [-0.25, -0.2) is 4.98 Å². The number of aromatic nitrogens is 1. The molecule has 3 heterocycles. The van der Waals surface area contributed by atoms with Crippen LogP contribution in [0.4, 0.5) is 0 Å². The van der Waals surface area contributed by atoms with E-state index in [0.717, 1.165) is 53.4 Å². The van der Waals surface area contributed by atoms with Crippen molar-refractivity contribution >= 4 is 27.7 Å². The summed E-state index contributed by atoms with van der Waals surface area (Å²) in [5.41, 5.74) is 1.83. The average Bonchev–Trinajstić information content (AvgIpc) is 3.42. The molecular formula is C24H24N4O2. The molecule has 0 aliphatic carbocycles. The lowest BCUT2D eigenvalue weighted by atomic mass is 10.1. The van der Waals surface area contributed by atoms with Crippen molar-refractivity contribution < 1.29 is 9.53 Å². The third-order valence-electron chi connectivity index (χ3n) is 6.11. The lowest BCUT2D eigenvalue weighted by Crippen LogP contribution is -2.42. The Bertz CT molecular complexity index is 1140. The summed E-state index contributed by atoms with van der Waals surface area (Å²) in [6.07, 6.45) is 2.61. The highest BCUT2D eigenvalue weighted by Crippen LogP contribution is 2.29. The van der Waals surface area contributed by atoms with Crippen molar-refractivity contribution in [3.63, 3.8) is 0 Å². The van der Waals surface area contributed by atoms with Gasteiger partial charge in [0.2, 0.25) is 5.91 Å². The van der Waals surface area contributed by atoms with Crippen molar-refractivity contribution in [2.45, 2.75) is 31.4 Å². The number of rotatable bonds is 4. The molecule has 1 aromatic heterocycles. The molecule has 0 N–H and O–H groups in total. The van der Waals surface area contributed by atoms with Gasteiger partial charge in [-0.05, 0) is 37.5 Å². The number of carbonyl (C=O) groups is 1. The van der Waals surface area contributed by atoms with E-state index in [9.17, 15) is 10.1 Å². The summed E-state index contributed by atoms with van der Waals surface area (Å²) >= 11 is 0. The third kappa shape index (κ3) is 3.57. The molecule has 0 radical (unpaired) electrons. The Morgan fingerprint density at radius 2 is 2.00 bits per heavy atom. The quantitative estimate of drug-likeness (QED) is 0.628. The number of benzene rings is 2. The number of fused-ring (bicyclic) bond motifs is 2. The molecule has 1 amide bonds. The lowest BCUT2D eigenvalue weighted by molar-refractivity contribution is -0.132. The van der Waals surface area contributed by atoms with Crippen LogP contribution in [0.5, 0.6) is 5.75 Å². The Hall–Kier alpha value is -3.17. The predicted molar refractivity (Wildman–Crippen MR) is 115 cm³/mol. The first-order valence-electron chi connectivity index (χ1n) is 10.6. The van der Waals surface area contributed by atoms with Gasteiger partial charge in [-0.1, -0.05) is 30.3 Å². The van der Waals surface area contributed by atoms with Crippen molar-refractivity contribution in [3.05, 3.63) is 48.5 Å². The van der Waals surface area contributed by atoms with E-state index in [1.165, 1.54) is 0 Å². The summed E-state index contributed by atoms with van der Waals surface area (Å²) in [6.45, 7) is 2.58. The van der Waals surface area contributed by atoms with Gasteiger partial charge in [0, 0.05) is 30.4 Å². The van der Waals surface area contributed by atoms with Crippen molar-refractivity contribution in [2.75, 3.05) is 26.2 Å². The normalized spacial score (nSPS) is 21.9. The predicted octanol–water partition coefficient (Wildman–Crippen LogP) is 3.36. The van der Waals surface area contributed by atoms with Crippen molar-refractivity contribution in [2.24, 2.45) is 0 Å². The van der Waals surface area contributed by atoms with Gasteiger partial charge in [-0.15, -0.1) is 0 Å². The lowest BCUT2D eigenvalue weighted by Gasteiger charge is -2.23. The zero-order valence-corrected chi connectivity index (χ0v) is 16.8. The van der Waals surface area contributed by atoms with Gasteiger partial charge in [-0.3, -0.25) is 9.69 Å². The molecule has 1 unspecified atom stereocenters. The molecule has 0 spiro atoms. The van der Waals surface area contributed by atoms with E-state index < -0.39 is 0 Å². The molecule has 2 aromatic carbocycles. The van der Waals surface area contributed by atoms with Crippen LogP contribution in [0.15, 0.2) is 48.5 Å². The highest BCUT2D eigenvalue weighted by atomic mass is 16.5. The van der Waals surface area contributed by atoms with E-state index in [-0.39, 0.29) is 18.1 Å². The summed E-state index contributed by atoms with van der Waals surface area (Å²) in [5.74, 6) is 0.846. The zero-order chi connectivity index (χ0) is 20.5. The van der Waals surface area contributed by atoms with Gasteiger partial charge in [0.15, 0.2) is 0 Å². The molecule has 6 heteroatoms. The number of hydrogen-bond donors (Lipinski definition) is 0. The highest BCUT2D eigenvalue weighted by Gasteiger charge is 2.32. The number of amides is 1. The molecule has 152 valence electrons. The molecule has 30 heavy (non-hydrogen) atoms. The first-order chi connectivity index (χ1) is 14.7. The van der Waals surface area contributed by atoms with Crippen LogP contribution >= 0.6 is 0 Å². The standard InChI is InChI=1S/C24H24N4O2/c25-14-19-7-4-11-28(19)23(29)16-27-12-10-20(15-27)30-22-9-3-6-18-13-17-5-1-2-8-21(17)26-24(18)22/h1-3,5-6,8-9,13,19-20H,4,7,10-12,15-16H2/t19?,20-/m0/s1. The van der Waals surface area contributed by atoms with Crippen LogP contribution < -0.4 is 4.74 Å². The number of ether oxygens (including phenoxy) is 1. The van der Waals surface area contributed by atoms with Crippen molar-refractivity contribution in [3.8, 4) is 11.8 Å². The second-order valence-corrected chi connectivity index (χ2v) is 8.15. The maximum absolute atomic E-state index is 12.6.